The Balaban J connectivity index is 2.00. The van der Waals surface area contributed by atoms with Crippen molar-refractivity contribution in [3.8, 4) is 5.75 Å². The summed E-state index contributed by atoms with van der Waals surface area (Å²) in [6.07, 6.45) is -4.36. The van der Waals surface area contributed by atoms with Gasteiger partial charge in [0, 0.05) is 6.54 Å². The Morgan fingerprint density at radius 3 is 2.37 bits per heavy atom. The molecule has 1 atom stereocenters. The van der Waals surface area contributed by atoms with Crippen LogP contribution in [0.1, 0.15) is 25.0 Å². The summed E-state index contributed by atoms with van der Waals surface area (Å²) in [5.41, 5.74) is 0.589. The highest BCUT2D eigenvalue weighted by Crippen LogP contribution is 2.29. The smallest absolute Gasteiger partial charge is 0.416 e. The number of carbonyl (C=O) groups excluding carboxylic acids is 1. The highest BCUT2D eigenvalue weighted by atomic mass is 19.4. The topological polar surface area (TPSA) is 41.6 Å². The zero-order valence-electron chi connectivity index (χ0n) is 15.5. The molecular formula is C20H23F3N2O2. The lowest BCUT2D eigenvalue weighted by atomic mass is 10.1. The van der Waals surface area contributed by atoms with Gasteiger partial charge in [0.25, 0.3) is 0 Å². The molecular weight excluding hydrogens is 357 g/mol. The molecule has 1 amide bonds. The van der Waals surface area contributed by atoms with Crippen LogP contribution in [0.4, 0.5) is 18.9 Å². The second-order valence-corrected chi connectivity index (χ2v) is 6.20. The van der Waals surface area contributed by atoms with Gasteiger partial charge in [0.1, 0.15) is 5.75 Å². The molecule has 2 rings (SSSR count). The third-order valence-electron chi connectivity index (χ3n) is 4.20. The van der Waals surface area contributed by atoms with Crippen molar-refractivity contribution in [2.75, 3.05) is 19.0 Å². The second kappa shape index (κ2) is 8.90. The monoisotopic (exact) mass is 380 g/mol. The van der Waals surface area contributed by atoms with Gasteiger partial charge in [0.15, 0.2) is 0 Å². The zero-order valence-corrected chi connectivity index (χ0v) is 15.5. The lowest BCUT2D eigenvalue weighted by Crippen LogP contribution is -2.39. The molecule has 2 aromatic rings. The normalized spacial score (nSPS) is 12.7. The van der Waals surface area contributed by atoms with Gasteiger partial charge in [-0.15, -0.1) is 0 Å². The van der Waals surface area contributed by atoms with E-state index in [2.05, 4.69) is 5.32 Å². The first-order valence-corrected chi connectivity index (χ1v) is 8.61. The van der Waals surface area contributed by atoms with E-state index in [4.69, 9.17) is 4.74 Å². The van der Waals surface area contributed by atoms with E-state index >= 15 is 0 Å². The Hall–Kier alpha value is -2.54. The number of halogens is 3. The molecule has 0 spiro atoms. The van der Waals surface area contributed by atoms with Gasteiger partial charge in [0.2, 0.25) is 5.91 Å². The fraction of sp³-hybridized carbons (Fsp3) is 0.350. The van der Waals surface area contributed by atoms with Crippen LogP contribution in [0.5, 0.6) is 5.75 Å². The molecule has 0 bridgehead atoms. The molecule has 4 nitrogen and oxygen atoms in total. The van der Waals surface area contributed by atoms with Crippen LogP contribution in [0.25, 0.3) is 0 Å². The fourth-order valence-corrected chi connectivity index (χ4v) is 2.51. The number of para-hydroxylation sites is 2. The van der Waals surface area contributed by atoms with Crippen molar-refractivity contribution in [3.63, 3.8) is 0 Å². The van der Waals surface area contributed by atoms with Crippen LogP contribution in [0.2, 0.25) is 0 Å². The maximum Gasteiger partial charge on any atom is 0.416 e. The maximum atomic E-state index is 12.6. The molecule has 7 heteroatoms. The van der Waals surface area contributed by atoms with Crippen molar-refractivity contribution in [2.45, 2.75) is 32.6 Å². The predicted molar refractivity (Wildman–Crippen MR) is 98.6 cm³/mol. The van der Waals surface area contributed by atoms with Crippen LogP contribution in [0, 0.1) is 0 Å². The highest BCUT2D eigenvalue weighted by Gasteiger charge is 2.30. The third-order valence-corrected chi connectivity index (χ3v) is 4.20. The summed E-state index contributed by atoms with van der Waals surface area (Å²) in [5.74, 6) is 0.363. The largest absolute Gasteiger partial charge is 0.492 e. The summed E-state index contributed by atoms with van der Waals surface area (Å²) in [4.78, 5) is 14.3. The number of nitrogens with one attached hydrogen (secondary N) is 1. The molecule has 0 heterocycles. The summed E-state index contributed by atoms with van der Waals surface area (Å²) in [7, 11) is 1.75. The number of hydrogen-bond donors (Lipinski definition) is 1. The number of alkyl halides is 3. The molecule has 27 heavy (non-hydrogen) atoms. The molecule has 0 aromatic heterocycles. The van der Waals surface area contributed by atoms with Crippen LogP contribution in [-0.2, 0) is 17.5 Å². The predicted octanol–water partition coefficient (Wildman–Crippen LogP) is 4.56. The van der Waals surface area contributed by atoms with Crippen LogP contribution in [0.3, 0.4) is 0 Å². The van der Waals surface area contributed by atoms with Gasteiger partial charge < -0.3 is 10.1 Å². The van der Waals surface area contributed by atoms with Gasteiger partial charge in [-0.25, -0.2) is 0 Å². The van der Waals surface area contributed by atoms with Crippen molar-refractivity contribution in [1.29, 1.82) is 0 Å². The first-order chi connectivity index (χ1) is 12.7. The molecule has 0 saturated carbocycles. The molecule has 0 saturated heterocycles. The summed E-state index contributed by atoms with van der Waals surface area (Å²) < 4.78 is 43.4. The molecule has 0 aliphatic heterocycles. The second-order valence-electron chi connectivity index (χ2n) is 6.20. The van der Waals surface area contributed by atoms with Gasteiger partial charge >= 0.3 is 6.18 Å². The van der Waals surface area contributed by atoms with Crippen LogP contribution < -0.4 is 10.1 Å². The summed E-state index contributed by atoms with van der Waals surface area (Å²) in [6.45, 7) is 4.43. The van der Waals surface area contributed by atoms with E-state index in [1.54, 1.807) is 37.1 Å². The number of ether oxygens (including phenoxy) is 1. The lowest BCUT2D eigenvalue weighted by Gasteiger charge is -2.24. The van der Waals surface area contributed by atoms with Gasteiger partial charge in [-0.1, -0.05) is 24.3 Å². The quantitative estimate of drug-likeness (QED) is 0.765. The third kappa shape index (κ3) is 5.72. The fourth-order valence-electron chi connectivity index (χ4n) is 2.51. The molecule has 146 valence electrons. The number of amides is 1. The van der Waals surface area contributed by atoms with Gasteiger partial charge in [-0.2, -0.15) is 13.2 Å². The average molecular weight is 380 g/mol. The average Bonchev–Trinajstić information content (AvgIpc) is 2.62. The minimum Gasteiger partial charge on any atom is -0.492 e. The van der Waals surface area contributed by atoms with E-state index in [0.717, 1.165) is 12.1 Å². The van der Waals surface area contributed by atoms with Crippen molar-refractivity contribution < 1.29 is 22.7 Å². The number of anilines is 1. The highest BCUT2D eigenvalue weighted by molar-refractivity contribution is 5.95. The molecule has 0 aliphatic carbocycles. The Kier molecular flexibility index (Phi) is 6.85. The number of likely N-dealkylation sites (N-methyl/N-ethyl adjacent to an activating group) is 1. The number of benzene rings is 2. The molecule has 1 N–H and O–H groups in total. The number of hydrogen-bond acceptors (Lipinski definition) is 3. The van der Waals surface area contributed by atoms with E-state index in [0.29, 0.717) is 30.2 Å². The minimum absolute atomic E-state index is 0.225. The SMILES string of the molecule is CCOc1ccccc1NC(=O)C(C)N(C)Cc1ccc(C(F)(F)F)cc1. The van der Waals surface area contributed by atoms with E-state index in [1.165, 1.54) is 12.1 Å². The van der Waals surface area contributed by atoms with E-state index in [1.807, 2.05) is 13.0 Å². The Labute approximate surface area is 156 Å². The van der Waals surface area contributed by atoms with Gasteiger partial charge in [-0.3, -0.25) is 9.69 Å². The molecule has 1 unspecified atom stereocenters. The molecule has 0 radical (unpaired) electrons. The van der Waals surface area contributed by atoms with Crippen LogP contribution in [-0.4, -0.2) is 30.5 Å². The Bertz CT molecular complexity index is 761. The number of carbonyl (C=O) groups is 1. The maximum absolute atomic E-state index is 12.6. The van der Waals surface area contributed by atoms with Crippen molar-refractivity contribution in [1.82, 2.24) is 4.90 Å². The molecule has 0 fully saturated rings. The Morgan fingerprint density at radius 1 is 1.15 bits per heavy atom. The van der Waals surface area contributed by atoms with Gasteiger partial charge in [-0.05, 0) is 50.7 Å². The standard InChI is InChI=1S/C20H23F3N2O2/c1-4-27-18-8-6-5-7-17(18)24-19(26)14(2)25(3)13-15-9-11-16(12-10-15)20(21,22)23/h5-12,14H,4,13H2,1-3H3,(H,24,26). The van der Waals surface area contributed by atoms with Crippen LogP contribution >= 0.6 is 0 Å². The first-order valence-electron chi connectivity index (χ1n) is 8.61. The minimum atomic E-state index is -4.36. The van der Waals surface area contributed by atoms with Gasteiger partial charge in [0.05, 0.1) is 23.9 Å². The van der Waals surface area contributed by atoms with E-state index < -0.39 is 17.8 Å². The molecule has 0 aliphatic rings. The van der Waals surface area contributed by atoms with E-state index in [9.17, 15) is 18.0 Å². The van der Waals surface area contributed by atoms with E-state index in [-0.39, 0.29) is 5.91 Å². The zero-order chi connectivity index (χ0) is 20.0. The van der Waals surface area contributed by atoms with Crippen molar-refractivity contribution in [2.24, 2.45) is 0 Å². The van der Waals surface area contributed by atoms with Crippen molar-refractivity contribution in [3.05, 3.63) is 59.7 Å². The molecule has 2 aromatic carbocycles. The first kappa shape index (κ1) is 20.8. The lowest BCUT2D eigenvalue weighted by molar-refractivity contribution is -0.137. The summed E-state index contributed by atoms with van der Waals surface area (Å²) >= 11 is 0. The number of rotatable bonds is 7. The number of nitrogens with zero attached hydrogens (tertiary/aromatic N) is 1. The Morgan fingerprint density at radius 2 is 1.78 bits per heavy atom. The summed E-state index contributed by atoms with van der Waals surface area (Å²) in [5, 5.41) is 2.84. The van der Waals surface area contributed by atoms with Crippen LogP contribution in [0.15, 0.2) is 48.5 Å². The summed E-state index contributed by atoms with van der Waals surface area (Å²) in [6, 6.07) is 11.6. The van der Waals surface area contributed by atoms with Crippen molar-refractivity contribution >= 4 is 11.6 Å².